The van der Waals surface area contributed by atoms with E-state index in [0.717, 1.165) is 5.92 Å². The Kier molecular flexibility index (Phi) is 6.68. The van der Waals surface area contributed by atoms with Gasteiger partial charge in [-0.2, -0.15) is 0 Å². The van der Waals surface area contributed by atoms with E-state index < -0.39 is 0 Å². The van der Waals surface area contributed by atoms with Crippen molar-refractivity contribution in [2.75, 3.05) is 0 Å². The molecule has 0 N–H and O–H groups in total. The van der Waals surface area contributed by atoms with E-state index in [1.165, 1.54) is 25.7 Å². The Balaban J connectivity index is 3.12. The highest BCUT2D eigenvalue weighted by Gasteiger charge is 1.96. The summed E-state index contributed by atoms with van der Waals surface area (Å²) in [5.74, 6) is 0.918. The summed E-state index contributed by atoms with van der Waals surface area (Å²) in [5, 5.41) is 0. The SMILES string of the molecule is CC=CCCC(C)CCC. The van der Waals surface area contributed by atoms with E-state index in [9.17, 15) is 0 Å². The van der Waals surface area contributed by atoms with Crippen molar-refractivity contribution in [2.45, 2.75) is 46.5 Å². The molecule has 0 saturated carbocycles. The molecule has 0 spiro atoms. The van der Waals surface area contributed by atoms with Crippen molar-refractivity contribution in [3.8, 4) is 0 Å². The average Bonchev–Trinajstić information content (AvgIpc) is 1.89. The lowest BCUT2D eigenvalue weighted by molar-refractivity contribution is 0.490. The highest BCUT2D eigenvalue weighted by atomic mass is 14.0. The molecule has 0 heterocycles. The van der Waals surface area contributed by atoms with Gasteiger partial charge in [-0.25, -0.2) is 0 Å². The van der Waals surface area contributed by atoms with Gasteiger partial charge in [0.2, 0.25) is 0 Å². The molecule has 0 radical (unpaired) electrons. The highest BCUT2D eigenvalue weighted by molar-refractivity contribution is 4.77. The minimum atomic E-state index is 0.918. The third kappa shape index (κ3) is 5.87. The van der Waals surface area contributed by atoms with E-state index in [4.69, 9.17) is 0 Å². The van der Waals surface area contributed by atoms with E-state index in [1.807, 2.05) is 0 Å². The minimum Gasteiger partial charge on any atom is -0.0917 e. The monoisotopic (exact) mass is 140 g/mol. The zero-order valence-corrected chi connectivity index (χ0v) is 7.56. The van der Waals surface area contributed by atoms with Crippen LogP contribution in [0.4, 0.5) is 0 Å². The molecule has 0 aromatic rings. The van der Waals surface area contributed by atoms with Crippen molar-refractivity contribution < 1.29 is 0 Å². The molecule has 0 saturated heterocycles. The van der Waals surface area contributed by atoms with Crippen LogP contribution in [0.15, 0.2) is 12.2 Å². The van der Waals surface area contributed by atoms with Crippen molar-refractivity contribution in [1.82, 2.24) is 0 Å². The summed E-state index contributed by atoms with van der Waals surface area (Å²) in [6.45, 7) is 6.68. The summed E-state index contributed by atoms with van der Waals surface area (Å²) in [4.78, 5) is 0. The van der Waals surface area contributed by atoms with Crippen LogP contribution in [-0.4, -0.2) is 0 Å². The fourth-order valence-electron chi connectivity index (χ4n) is 1.18. The van der Waals surface area contributed by atoms with Crippen molar-refractivity contribution in [3.05, 3.63) is 12.2 Å². The van der Waals surface area contributed by atoms with E-state index in [0.29, 0.717) is 0 Å². The molecule has 0 aromatic heterocycles. The van der Waals surface area contributed by atoms with E-state index in [2.05, 4.69) is 32.9 Å². The fourth-order valence-corrected chi connectivity index (χ4v) is 1.18. The molecule has 0 heteroatoms. The van der Waals surface area contributed by atoms with Crippen LogP contribution >= 0.6 is 0 Å². The molecule has 10 heavy (non-hydrogen) atoms. The molecule has 0 aliphatic rings. The Hall–Kier alpha value is -0.260. The van der Waals surface area contributed by atoms with Gasteiger partial charge in [-0.05, 0) is 25.7 Å². The summed E-state index contributed by atoms with van der Waals surface area (Å²) < 4.78 is 0. The van der Waals surface area contributed by atoms with Crippen LogP contribution in [0.5, 0.6) is 0 Å². The van der Waals surface area contributed by atoms with Crippen LogP contribution in [0.2, 0.25) is 0 Å². The van der Waals surface area contributed by atoms with Gasteiger partial charge in [0, 0.05) is 0 Å². The minimum absolute atomic E-state index is 0.918. The molecule has 0 aliphatic carbocycles. The van der Waals surface area contributed by atoms with Gasteiger partial charge in [0.25, 0.3) is 0 Å². The zero-order chi connectivity index (χ0) is 7.82. The van der Waals surface area contributed by atoms with E-state index in [1.54, 1.807) is 0 Å². The lowest BCUT2D eigenvalue weighted by Gasteiger charge is -2.06. The summed E-state index contributed by atoms with van der Waals surface area (Å²) >= 11 is 0. The van der Waals surface area contributed by atoms with Crippen LogP contribution in [0.25, 0.3) is 0 Å². The molecular formula is C10H20. The van der Waals surface area contributed by atoms with Gasteiger partial charge in [-0.15, -0.1) is 0 Å². The van der Waals surface area contributed by atoms with Gasteiger partial charge >= 0.3 is 0 Å². The first-order valence-corrected chi connectivity index (χ1v) is 4.42. The van der Waals surface area contributed by atoms with Crippen molar-refractivity contribution >= 4 is 0 Å². The first kappa shape index (κ1) is 9.74. The van der Waals surface area contributed by atoms with Gasteiger partial charge in [0.1, 0.15) is 0 Å². The molecule has 0 rings (SSSR count). The Morgan fingerprint density at radius 3 is 2.50 bits per heavy atom. The lowest BCUT2D eigenvalue weighted by atomic mass is 10.0. The molecule has 0 fully saturated rings. The highest BCUT2D eigenvalue weighted by Crippen LogP contribution is 2.11. The standard InChI is InChI=1S/C10H20/c1-4-6-7-9-10(3)8-5-2/h4,6,10H,5,7-9H2,1-3H3. The Morgan fingerprint density at radius 1 is 1.30 bits per heavy atom. The zero-order valence-electron chi connectivity index (χ0n) is 7.56. The molecule has 0 nitrogen and oxygen atoms in total. The Morgan fingerprint density at radius 2 is 2.00 bits per heavy atom. The fraction of sp³-hybridized carbons (Fsp3) is 0.800. The predicted molar refractivity (Wildman–Crippen MR) is 48.1 cm³/mol. The first-order chi connectivity index (χ1) is 4.81. The van der Waals surface area contributed by atoms with E-state index >= 15 is 0 Å². The maximum atomic E-state index is 2.34. The molecule has 1 atom stereocenters. The summed E-state index contributed by atoms with van der Waals surface area (Å²) in [6, 6.07) is 0. The third-order valence-electron chi connectivity index (χ3n) is 1.84. The third-order valence-corrected chi connectivity index (χ3v) is 1.84. The quantitative estimate of drug-likeness (QED) is 0.510. The summed E-state index contributed by atoms with van der Waals surface area (Å²) in [5.41, 5.74) is 0. The van der Waals surface area contributed by atoms with Crippen molar-refractivity contribution in [2.24, 2.45) is 5.92 Å². The molecular weight excluding hydrogens is 120 g/mol. The largest absolute Gasteiger partial charge is 0.0917 e. The van der Waals surface area contributed by atoms with Gasteiger partial charge in [0.05, 0.1) is 0 Å². The first-order valence-electron chi connectivity index (χ1n) is 4.42. The van der Waals surface area contributed by atoms with Crippen LogP contribution in [0, 0.1) is 5.92 Å². The lowest BCUT2D eigenvalue weighted by Crippen LogP contribution is -1.91. The number of hydrogen-bond acceptors (Lipinski definition) is 0. The molecule has 0 aliphatic heterocycles. The second-order valence-electron chi connectivity index (χ2n) is 3.04. The van der Waals surface area contributed by atoms with Crippen molar-refractivity contribution in [3.63, 3.8) is 0 Å². The summed E-state index contributed by atoms with van der Waals surface area (Å²) in [6.07, 6.45) is 9.73. The Bertz CT molecular complexity index is 82.0. The molecule has 0 amide bonds. The maximum Gasteiger partial charge on any atom is -0.0348 e. The van der Waals surface area contributed by atoms with Crippen LogP contribution in [-0.2, 0) is 0 Å². The molecule has 0 aromatic carbocycles. The second kappa shape index (κ2) is 6.85. The van der Waals surface area contributed by atoms with Gasteiger partial charge in [-0.1, -0.05) is 38.8 Å². The van der Waals surface area contributed by atoms with Gasteiger partial charge < -0.3 is 0 Å². The van der Waals surface area contributed by atoms with Crippen LogP contribution < -0.4 is 0 Å². The van der Waals surface area contributed by atoms with Crippen molar-refractivity contribution in [1.29, 1.82) is 0 Å². The van der Waals surface area contributed by atoms with Crippen LogP contribution in [0.3, 0.4) is 0 Å². The Labute approximate surface area is 65.3 Å². The average molecular weight is 140 g/mol. The summed E-state index contributed by atoms with van der Waals surface area (Å²) in [7, 11) is 0. The second-order valence-corrected chi connectivity index (χ2v) is 3.04. The molecule has 1 unspecified atom stereocenters. The normalized spacial score (nSPS) is 14.3. The topological polar surface area (TPSA) is 0 Å². The maximum absolute atomic E-state index is 2.34. The van der Waals surface area contributed by atoms with Crippen LogP contribution in [0.1, 0.15) is 46.5 Å². The number of allylic oxidation sites excluding steroid dienone is 2. The van der Waals surface area contributed by atoms with Gasteiger partial charge in [-0.3, -0.25) is 0 Å². The van der Waals surface area contributed by atoms with Gasteiger partial charge in [0.15, 0.2) is 0 Å². The number of hydrogen-bond donors (Lipinski definition) is 0. The predicted octanol–water partition coefficient (Wildman–Crippen LogP) is 3.78. The number of rotatable bonds is 5. The van der Waals surface area contributed by atoms with E-state index in [-0.39, 0.29) is 0 Å². The smallest absolute Gasteiger partial charge is 0.0348 e. The molecule has 60 valence electrons. The molecule has 0 bridgehead atoms.